The molecule has 0 aliphatic carbocycles. The Morgan fingerprint density at radius 3 is 1.94 bits per heavy atom. The minimum absolute atomic E-state index is 0.0627. The highest BCUT2D eigenvalue weighted by Crippen LogP contribution is 1.97. The molecule has 0 saturated heterocycles. The van der Waals surface area contributed by atoms with Crippen LogP contribution in [0.5, 0.6) is 0 Å². The molecule has 18 heavy (non-hydrogen) atoms. The molecular weight excluding hydrogens is 230 g/mol. The first-order valence-corrected chi connectivity index (χ1v) is 6.59. The predicted molar refractivity (Wildman–Crippen MR) is 73.3 cm³/mol. The fourth-order valence-electron chi connectivity index (χ4n) is 1.52. The van der Waals surface area contributed by atoms with E-state index in [0.717, 1.165) is 12.8 Å². The summed E-state index contributed by atoms with van der Waals surface area (Å²) in [6.45, 7) is 10.2. The van der Waals surface area contributed by atoms with E-state index in [1.54, 1.807) is 0 Å². The van der Waals surface area contributed by atoms with Gasteiger partial charge in [0, 0.05) is 11.6 Å². The van der Waals surface area contributed by atoms with Gasteiger partial charge in [-0.1, -0.05) is 13.8 Å². The molecule has 3 N–H and O–H groups in total. The summed E-state index contributed by atoms with van der Waals surface area (Å²) >= 11 is 0. The second-order valence-corrected chi connectivity index (χ2v) is 5.48. The molecule has 0 aliphatic rings. The van der Waals surface area contributed by atoms with E-state index in [4.69, 9.17) is 0 Å². The monoisotopic (exact) mass is 257 g/mol. The first-order chi connectivity index (χ1) is 8.28. The quantitative estimate of drug-likeness (QED) is 0.631. The zero-order valence-corrected chi connectivity index (χ0v) is 12.2. The van der Waals surface area contributed by atoms with Crippen molar-refractivity contribution < 1.29 is 9.59 Å². The third kappa shape index (κ3) is 8.98. The Hall–Kier alpha value is -1.10. The highest BCUT2D eigenvalue weighted by Gasteiger charge is 2.13. The second kappa shape index (κ2) is 8.08. The minimum Gasteiger partial charge on any atom is -0.352 e. The van der Waals surface area contributed by atoms with Crippen LogP contribution in [-0.4, -0.2) is 36.5 Å². The average molecular weight is 257 g/mol. The van der Waals surface area contributed by atoms with Crippen molar-refractivity contribution in [1.82, 2.24) is 16.0 Å². The zero-order chi connectivity index (χ0) is 14.2. The van der Waals surface area contributed by atoms with Gasteiger partial charge in [-0.25, -0.2) is 0 Å². The molecule has 5 nitrogen and oxygen atoms in total. The summed E-state index contributed by atoms with van der Waals surface area (Å²) in [5.41, 5.74) is -0.240. The summed E-state index contributed by atoms with van der Waals surface area (Å²) < 4.78 is 0. The Balaban J connectivity index is 3.78. The molecule has 0 saturated carbocycles. The second-order valence-electron chi connectivity index (χ2n) is 5.48. The van der Waals surface area contributed by atoms with Crippen LogP contribution in [0.2, 0.25) is 0 Å². The molecule has 5 heteroatoms. The average Bonchev–Trinajstić information content (AvgIpc) is 2.23. The van der Waals surface area contributed by atoms with Crippen LogP contribution in [0.3, 0.4) is 0 Å². The van der Waals surface area contributed by atoms with E-state index >= 15 is 0 Å². The fourth-order valence-corrected chi connectivity index (χ4v) is 1.52. The molecule has 2 amide bonds. The van der Waals surface area contributed by atoms with E-state index in [0.29, 0.717) is 0 Å². The van der Waals surface area contributed by atoms with Crippen LogP contribution in [0.4, 0.5) is 0 Å². The molecule has 0 fully saturated rings. The number of hydrogen-bond donors (Lipinski definition) is 3. The first-order valence-electron chi connectivity index (χ1n) is 6.59. The summed E-state index contributed by atoms with van der Waals surface area (Å²) in [4.78, 5) is 23.0. The number of carbonyl (C=O) groups is 2. The third-order valence-electron chi connectivity index (χ3n) is 2.44. The van der Waals surface area contributed by atoms with Gasteiger partial charge in [0.25, 0.3) is 0 Å². The Bertz CT molecular complexity index is 268. The standard InChI is InChI=1S/C13H27N3O2/c1-6-10(7-2)15-11(17)8-14-9-12(18)16-13(3,4)5/h10,14H,6-9H2,1-5H3,(H,15,17)(H,16,18). The predicted octanol–water partition coefficient (Wildman–Crippen LogP) is 0.796. The Morgan fingerprint density at radius 1 is 1.00 bits per heavy atom. The van der Waals surface area contributed by atoms with Crippen LogP contribution in [0.15, 0.2) is 0 Å². The molecule has 0 bridgehead atoms. The van der Waals surface area contributed by atoms with Crippen molar-refractivity contribution in [2.75, 3.05) is 13.1 Å². The maximum absolute atomic E-state index is 11.5. The lowest BCUT2D eigenvalue weighted by Crippen LogP contribution is -2.47. The molecule has 0 spiro atoms. The summed E-state index contributed by atoms with van der Waals surface area (Å²) in [7, 11) is 0. The van der Waals surface area contributed by atoms with E-state index in [1.807, 2.05) is 34.6 Å². The van der Waals surface area contributed by atoms with Gasteiger partial charge in [0.1, 0.15) is 0 Å². The van der Waals surface area contributed by atoms with Crippen LogP contribution >= 0.6 is 0 Å². The molecule has 106 valence electrons. The van der Waals surface area contributed by atoms with Gasteiger partial charge in [-0.15, -0.1) is 0 Å². The first kappa shape index (κ1) is 16.9. The van der Waals surface area contributed by atoms with Crippen molar-refractivity contribution >= 4 is 11.8 Å². The lowest BCUT2D eigenvalue weighted by molar-refractivity contribution is -0.122. The summed E-state index contributed by atoms with van der Waals surface area (Å²) in [6.07, 6.45) is 1.85. The highest BCUT2D eigenvalue weighted by molar-refractivity contribution is 5.81. The van der Waals surface area contributed by atoms with Crippen LogP contribution in [-0.2, 0) is 9.59 Å². The van der Waals surface area contributed by atoms with Gasteiger partial charge >= 0.3 is 0 Å². The molecule has 0 heterocycles. The summed E-state index contributed by atoms with van der Waals surface area (Å²) in [6, 6.07) is 0.225. The Labute approximate surface area is 110 Å². The van der Waals surface area contributed by atoms with E-state index < -0.39 is 0 Å². The normalized spacial score (nSPS) is 11.4. The Kier molecular flexibility index (Phi) is 7.59. The van der Waals surface area contributed by atoms with Crippen molar-refractivity contribution in [3.05, 3.63) is 0 Å². The van der Waals surface area contributed by atoms with Gasteiger partial charge < -0.3 is 10.6 Å². The minimum atomic E-state index is -0.240. The third-order valence-corrected chi connectivity index (χ3v) is 2.44. The fraction of sp³-hybridized carbons (Fsp3) is 0.846. The zero-order valence-electron chi connectivity index (χ0n) is 12.2. The maximum Gasteiger partial charge on any atom is 0.234 e. The molecule has 0 atom stereocenters. The largest absolute Gasteiger partial charge is 0.352 e. The molecule has 0 aliphatic heterocycles. The van der Waals surface area contributed by atoms with Gasteiger partial charge in [-0.3, -0.25) is 14.9 Å². The highest BCUT2D eigenvalue weighted by atomic mass is 16.2. The lowest BCUT2D eigenvalue weighted by Gasteiger charge is -2.20. The number of hydrogen-bond acceptors (Lipinski definition) is 3. The van der Waals surface area contributed by atoms with Gasteiger partial charge in [0.2, 0.25) is 11.8 Å². The van der Waals surface area contributed by atoms with E-state index in [1.165, 1.54) is 0 Å². The molecule has 0 unspecified atom stereocenters. The molecular formula is C13H27N3O2. The van der Waals surface area contributed by atoms with Gasteiger partial charge in [0.15, 0.2) is 0 Å². The Morgan fingerprint density at radius 2 is 1.50 bits per heavy atom. The van der Waals surface area contributed by atoms with Crippen molar-refractivity contribution in [2.24, 2.45) is 0 Å². The van der Waals surface area contributed by atoms with Gasteiger partial charge in [-0.2, -0.15) is 0 Å². The van der Waals surface area contributed by atoms with Crippen LogP contribution in [0, 0.1) is 0 Å². The topological polar surface area (TPSA) is 70.2 Å². The van der Waals surface area contributed by atoms with Crippen molar-refractivity contribution in [3.8, 4) is 0 Å². The number of amides is 2. The smallest absolute Gasteiger partial charge is 0.234 e. The van der Waals surface area contributed by atoms with Crippen molar-refractivity contribution in [3.63, 3.8) is 0 Å². The molecule has 0 aromatic carbocycles. The number of nitrogens with one attached hydrogen (secondary N) is 3. The van der Waals surface area contributed by atoms with Gasteiger partial charge in [0.05, 0.1) is 13.1 Å². The summed E-state index contributed by atoms with van der Waals surface area (Å²) in [5.74, 6) is -0.162. The molecule has 0 aromatic rings. The SMILES string of the molecule is CCC(CC)NC(=O)CNCC(=O)NC(C)(C)C. The molecule has 0 aromatic heterocycles. The number of rotatable bonds is 7. The van der Waals surface area contributed by atoms with Crippen LogP contribution in [0.25, 0.3) is 0 Å². The maximum atomic E-state index is 11.5. The lowest BCUT2D eigenvalue weighted by atomic mass is 10.1. The van der Waals surface area contributed by atoms with Crippen molar-refractivity contribution in [2.45, 2.75) is 59.0 Å². The van der Waals surface area contributed by atoms with Crippen LogP contribution in [0.1, 0.15) is 47.5 Å². The summed E-state index contributed by atoms with van der Waals surface area (Å²) in [5, 5.41) is 8.57. The van der Waals surface area contributed by atoms with Crippen LogP contribution < -0.4 is 16.0 Å². The molecule has 0 radical (unpaired) electrons. The van der Waals surface area contributed by atoms with Crippen molar-refractivity contribution in [1.29, 1.82) is 0 Å². The van der Waals surface area contributed by atoms with E-state index in [2.05, 4.69) is 16.0 Å². The number of carbonyl (C=O) groups excluding carboxylic acids is 2. The van der Waals surface area contributed by atoms with E-state index in [9.17, 15) is 9.59 Å². The van der Waals surface area contributed by atoms with E-state index in [-0.39, 0.29) is 36.5 Å². The van der Waals surface area contributed by atoms with Gasteiger partial charge in [-0.05, 0) is 33.6 Å². The molecule has 0 rings (SSSR count).